The third-order valence-corrected chi connectivity index (χ3v) is 3.72. The molecule has 0 unspecified atom stereocenters. The van der Waals surface area contributed by atoms with Gasteiger partial charge in [-0.15, -0.1) is 6.42 Å². The van der Waals surface area contributed by atoms with Crippen molar-refractivity contribution in [1.82, 2.24) is 26.4 Å². The molecular formula is C17H29N5O3. The van der Waals surface area contributed by atoms with Crippen LogP contribution in [0, 0.1) is 18.3 Å². The summed E-state index contributed by atoms with van der Waals surface area (Å²) in [6.07, 6.45) is 6.67. The molecule has 1 heterocycles. The fourth-order valence-corrected chi connectivity index (χ4v) is 2.17. The van der Waals surface area contributed by atoms with Gasteiger partial charge in [0, 0.05) is 25.9 Å². The second-order valence-electron chi connectivity index (χ2n) is 6.83. The summed E-state index contributed by atoms with van der Waals surface area (Å²) in [5.41, 5.74) is 5.72. The van der Waals surface area contributed by atoms with E-state index < -0.39 is 0 Å². The van der Waals surface area contributed by atoms with Gasteiger partial charge in [0.2, 0.25) is 17.7 Å². The molecule has 0 spiro atoms. The summed E-state index contributed by atoms with van der Waals surface area (Å²) < 4.78 is 0. The number of hydrogen-bond donors (Lipinski definition) is 4. The Morgan fingerprint density at radius 3 is 2.28 bits per heavy atom. The Hall–Kier alpha value is -2.11. The molecule has 4 N–H and O–H groups in total. The van der Waals surface area contributed by atoms with Crippen LogP contribution in [0.15, 0.2) is 0 Å². The molecule has 0 aliphatic carbocycles. The molecule has 1 fully saturated rings. The first-order chi connectivity index (χ1) is 11.8. The maximum atomic E-state index is 12.2. The summed E-state index contributed by atoms with van der Waals surface area (Å²) in [5.74, 6) is 2.21. The summed E-state index contributed by atoms with van der Waals surface area (Å²) in [6.45, 7) is 6.56. The minimum Gasteiger partial charge on any atom is -0.354 e. The topological polar surface area (TPSA) is 122 Å². The van der Waals surface area contributed by atoms with Crippen LogP contribution in [0.2, 0.25) is 0 Å². The highest BCUT2D eigenvalue weighted by molar-refractivity contribution is 5.85. The Morgan fingerprint density at radius 2 is 1.76 bits per heavy atom. The summed E-state index contributed by atoms with van der Waals surface area (Å²) in [6, 6.07) is 0. The molecule has 0 aromatic carbocycles. The Morgan fingerprint density at radius 1 is 1.16 bits per heavy atom. The monoisotopic (exact) mass is 351 g/mol. The van der Waals surface area contributed by atoms with Gasteiger partial charge in [-0.3, -0.25) is 14.4 Å². The van der Waals surface area contributed by atoms with Crippen LogP contribution in [0.4, 0.5) is 0 Å². The van der Waals surface area contributed by atoms with Gasteiger partial charge in [0.05, 0.1) is 12.2 Å². The first kappa shape index (κ1) is 20.9. The fraction of sp³-hybridized carbons (Fsp3) is 0.706. The Balaban J connectivity index is 2.26. The lowest BCUT2D eigenvalue weighted by Gasteiger charge is -2.20. The SMILES string of the molecule is C#CCN(CC(=O)NCCNC(=O)CC(C)C)C(=O)CCC1(C)NN1. The summed E-state index contributed by atoms with van der Waals surface area (Å²) in [7, 11) is 0. The zero-order chi connectivity index (χ0) is 18.9. The van der Waals surface area contributed by atoms with E-state index in [4.69, 9.17) is 6.42 Å². The number of nitrogens with one attached hydrogen (secondary N) is 4. The summed E-state index contributed by atoms with van der Waals surface area (Å²) in [5, 5.41) is 5.41. The van der Waals surface area contributed by atoms with Crippen molar-refractivity contribution in [2.75, 3.05) is 26.2 Å². The van der Waals surface area contributed by atoms with Gasteiger partial charge in [-0.2, -0.15) is 0 Å². The number of hydrazine groups is 1. The van der Waals surface area contributed by atoms with Crippen molar-refractivity contribution in [3.8, 4) is 12.3 Å². The first-order valence-corrected chi connectivity index (χ1v) is 8.54. The molecule has 3 amide bonds. The fourth-order valence-electron chi connectivity index (χ4n) is 2.17. The molecular weight excluding hydrogens is 322 g/mol. The number of carbonyl (C=O) groups is 3. The molecule has 0 atom stereocenters. The predicted octanol–water partition coefficient (Wildman–Crippen LogP) is -0.669. The molecule has 1 aliphatic rings. The molecule has 8 nitrogen and oxygen atoms in total. The highest BCUT2D eigenvalue weighted by Crippen LogP contribution is 2.16. The van der Waals surface area contributed by atoms with Crippen LogP contribution < -0.4 is 21.5 Å². The number of terminal acetylenes is 1. The number of nitrogens with zero attached hydrogens (tertiary/aromatic N) is 1. The zero-order valence-corrected chi connectivity index (χ0v) is 15.3. The van der Waals surface area contributed by atoms with Crippen molar-refractivity contribution in [3.63, 3.8) is 0 Å². The average Bonchev–Trinajstić information content (AvgIpc) is 3.26. The van der Waals surface area contributed by atoms with Gasteiger partial charge in [-0.1, -0.05) is 19.8 Å². The summed E-state index contributed by atoms with van der Waals surface area (Å²) in [4.78, 5) is 37.0. The molecule has 8 heteroatoms. The normalized spacial score (nSPS) is 14.5. The van der Waals surface area contributed by atoms with Crippen LogP contribution in [-0.4, -0.2) is 54.5 Å². The Kier molecular flexibility index (Phi) is 8.38. The average molecular weight is 351 g/mol. The number of amides is 3. The van der Waals surface area contributed by atoms with Crippen molar-refractivity contribution in [2.45, 2.75) is 45.7 Å². The molecule has 0 aromatic heterocycles. The molecule has 0 bridgehead atoms. The lowest BCUT2D eigenvalue weighted by molar-refractivity contribution is -0.135. The van der Waals surface area contributed by atoms with Gasteiger partial charge in [0.15, 0.2) is 0 Å². The minimum absolute atomic E-state index is 0.0378. The van der Waals surface area contributed by atoms with Crippen LogP contribution in [-0.2, 0) is 14.4 Å². The van der Waals surface area contributed by atoms with Crippen molar-refractivity contribution in [1.29, 1.82) is 0 Å². The molecule has 140 valence electrons. The lowest BCUT2D eigenvalue weighted by Crippen LogP contribution is -2.43. The highest BCUT2D eigenvalue weighted by atomic mass is 16.2. The number of rotatable bonds is 11. The van der Waals surface area contributed by atoms with Crippen molar-refractivity contribution in [3.05, 3.63) is 0 Å². The molecule has 0 saturated carbocycles. The van der Waals surface area contributed by atoms with Gasteiger partial charge in [-0.25, -0.2) is 10.9 Å². The number of carbonyl (C=O) groups excluding carboxylic acids is 3. The van der Waals surface area contributed by atoms with Crippen LogP contribution in [0.1, 0.15) is 40.0 Å². The quantitative estimate of drug-likeness (QED) is 0.223. The van der Waals surface area contributed by atoms with E-state index in [2.05, 4.69) is 27.4 Å². The van der Waals surface area contributed by atoms with Crippen LogP contribution in [0.3, 0.4) is 0 Å². The van der Waals surface area contributed by atoms with Gasteiger partial charge >= 0.3 is 0 Å². The van der Waals surface area contributed by atoms with Gasteiger partial charge in [0.1, 0.15) is 6.54 Å². The second-order valence-corrected chi connectivity index (χ2v) is 6.83. The van der Waals surface area contributed by atoms with Gasteiger partial charge in [0.25, 0.3) is 0 Å². The molecule has 0 radical (unpaired) electrons. The van der Waals surface area contributed by atoms with Gasteiger partial charge < -0.3 is 15.5 Å². The van der Waals surface area contributed by atoms with Crippen molar-refractivity contribution in [2.24, 2.45) is 5.92 Å². The summed E-state index contributed by atoms with van der Waals surface area (Å²) >= 11 is 0. The highest BCUT2D eigenvalue weighted by Gasteiger charge is 2.36. The van der Waals surface area contributed by atoms with Crippen molar-refractivity contribution < 1.29 is 14.4 Å². The Labute approximate surface area is 149 Å². The van der Waals surface area contributed by atoms with E-state index in [1.54, 1.807) is 0 Å². The van der Waals surface area contributed by atoms with Crippen LogP contribution >= 0.6 is 0 Å². The minimum atomic E-state index is -0.296. The molecule has 1 rings (SSSR count). The maximum Gasteiger partial charge on any atom is 0.239 e. The van der Waals surface area contributed by atoms with Crippen LogP contribution in [0.5, 0.6) is 0 Å². The molecule has 1 aliphatic heterocycles. The van der Waals surface area contributed by atoms with E-state index in [0.29, 0.717) is 38.3 Å². The van der Waals surface area contributed by atoms with E-state index in [9.17, 15) is 14.4 Å². The van der Waals surface area contributed by atoms with Gasteiger partial charge in [-0.05, 0) is 19.3 Å². The van der Waals surface area contributed by atoms with E-state index in [-0.39, 0.29) is 36.5 Å². The van der Waals surface area contributed by atoms with E-state index in [1.165, 1.54) is 4.90 Å². The maximum absolute atomic E-state index is 12.2. The van der Waals surface area contributed by atoms with Crippen molar-refractivity contribution >= 4 is 17.7 Å². The molecule has 1 saturated heterocycles. The molecule has 25 heavy (non-hydrogen) atoms. The molecule has 0 aromatic rings. The smallest absolute Gasteiger partial charge is 0.239 e. The Bertz CT molecular complexity index is 523. The van der Waals surface area contributed by atoms with E-state index >= 15 is 0 Å². The first-order valence-electron chi connectivity index (χ1n) is 8.54. The third-order valence-electron chi connectivity index (χ3n) is 3.72. The van der Waals surface area contributed by atoms with E-state index in [0.717, 1.165) is 0 Å². The lowest BCUT2D eigenvalue weighted by atomic mass is 10.1. The predicted molar refractivity (Wildman–Crippen MR) is 94.8 cm³/mol. The largest absolute Gasteiger partial charge is 0.354 e. The van der Waals surface area contributed by atoms with E-state index in [1.807, 2.05) is 20.8 Å². The zero-order valence-electron chi connectivity index (χ0n) is 15.3. The second kappa shape index (κ2) is 10.0. The van der Waals surface area contributed by atoms with Crippen LogP contribution in [0.25, 0.3) is 0 Å². The number of hydrogen-bond acceptors (Lipinski definition) is 5. The standard InChI is InChI=1S/C17H29N5O3/c1-5-10-22(16(25)6-7-17(4)20-21-17)12-15(24)19-9-8-18-14(23)11-13(2)3/h1,13,20-21H,6-12H2,2-4H3,(H,18,23)(H,19,24). The third kappa shape index (κ3) is 9.08.